The van der Waals surface area contributed by atoms with Crippen LogP contribution >= 0.6 is 15.9 Å². The van der Waals surface area contributed by atoms with E-state index in [4.69, 9.17) is 9.47 Å². The van der Waals surface area contributed by atoms with Crippen LogP contribution in [-0.2, 0) is 6.42 Å². The molecule has 0 aromatic heterocycles. The molecule has 1 atom stereocenters. The molecule has 0 bridgehead atoms. The van der Waals surface area contributed by atoms with Gasteiger partial charge in [-0.25, -0.2) is 0 Å². The van der Waals surface area contributed by atoms with Crippen molar-refractivity contribution >= 4 is 15.9 Å². The van der Waals surface area contributed by atoms with Crippen molar-refractivity contribution in [2.24, 2.45) is 5.41 Å². The summed E-state index contributed by atoms with van der Waals surface area (Å²) in [4.78, 5) is 0.393. The molecule has 2 rings (SSSR count). The van der Waals surface area contributed by atoms with Crippen LogP contribution in [0.4, 0.5) is 0 Å². The van der Waals surface area contributed by atoms with Gasteiger partial charge in [0.25, 0.3) is 0 Å². The minimum absolute atomic E-state index is 0.366. The third-order valence-electron chi connectivity index (χ3n) is 3.95. The van der Waals surface area contributed by atoms with Gasteiger partial charge in [0.05, 0.1) is 13.2 Å². The maximum absolute atomic E-state index is 5.75. The topological polar surface area (TPSA) is 18.5 Å². The van der Waals surface area contributed by atoms with Gasteiger partial charge in [0, 0.05) is 4.83 Å². The quantitative estimate of drug-likeness (QED) is 0.548. The van der Waals surface area contributed by atoms with Crippen LogP contribution in [0.3, 0.4) is 0 Å². The van der Waals surface area contributed by atoms with Gasteiger partial charge >= 0.3 is 0 Å². The monoisotopic (exact) mass is 340 g/mol. The molecule has 20 heavy (non-hydrogen) atoms. The standard InChI is InChI=1S/C17H25BrO2/c1-5-19-15-9-12-7-8-17(3,4)11-14(18)13(12)10-16(15)20-6-2/h9-10,14H,5-8,11H2,1-4H3. The first-order valence-corrected chi connectivity index (χ1v) is 8.45. The molecule has 3 heteroatoms. The molecule has 1 unspecified atom stereocenters. The van der Waals surface area contributed by atoms with Gasteiger partial charge in [-0.15, -0.1) is 0 Å². The van der Waals surface area contributed by atoms with Gasteiger partial charge < -0.3 is 9.47 Å². The highest BCUT2D eigenvalue weighted by atomic mass is 79.9. The van der Waals surface area contributed by atoms with Crippen LogP contribution in [0.25, 0.3) is 0 Å². The Balaban J connectivity index is 2.41. The van der Waals surface area contributed by atoms with E-state index in [-0.39, 0.29) is 0 Å². The minimum atomic E-state index is 0.366. The van der Waals surface area contributed by atoms with Crippen LogP contribution in [0, 0.1) is 5.41 Å². The second kappa shape index (κ2) is 6.38. The maximum atomic E-state index is 5.75. The van der Waals surface area contributed by atoms with Gasteiger partial charge in [0.2, 0.25) is 0 Å². The number of hydrogen-bond acceptors (Lipinski definition) is 2. The number of ether oxygens (including phenoxy) is 2. The summed E-state index contributed by atoms with van der Waals surface area (Å²) in [5.74, 6) is 1.75. The van der Waals surface area contributed by atoms with Crippen molar-refractivity contribution in [1.29, 1.82) is 0 Å². The van der Waals surface area contributed by atoms with Crippen molar-refractivity contribution < 1.29 is 9.47 Å². The van der Waals surface area contributed by atoms with E-state index in [1.165, 1.54) is 17.5 Å². The molecule has 1 aromatic carbocycles. The molecule has 0 radical (unpaired) electrons. The SMILES string of the molecule is CCOc1cc2c(cc1OCC)C(Br)CC(C)(C)CC2. The van der Waals surface area contributed by atoms with Crippen LogP contribution in [0.1, 0.15) is 56.5 Å². The molecular weight excluding hydrogens is 316 g/mol. The average molecular weight is 341 g/mol. The molecule has 0 spiro atoms. The predicted octanol–water partition coefficient (Wildman–Crippen LogP) is 5.28. The van der Waals surface area contributed by atoms with E-state index in [0.29, 0.717) is 23.5 Å². The van der Waals surface area contributed by atoms with Crippen LogP contribution in [0.5, 0.6) is 11.5 Å². The second-order valence-electron chi connectivity index (χ2n) is 6.20. The summed E-state index contributed by atoms with van der Waals surface area (Å²) >= 11 is 3.87. The third kappa shape index (κ3) is 3.49. The fourth-order valence-corrected chi connectivity index (χ4v) is 4.14. The second-order valence-corrected chi connectivity index (χ2v) is 7.30. The number of fused-ring (bicyclic) bond motifs is 1. The highest BCUT2D eigenvalue weighted by molar-refractivity contribution is 9.09. The maximum Gasteiger partial charge on any atom is 0.161 e. The third-order valence-corrected chi connectivity index (χ3v) is 4.76. The molecule has 0 fully saturated rings. The molecule has 1 aliphatic rings. The number of halogens is 1. The van der Waals surface area contributed by atoms with Crippen molar-refractivity contribution in [2.75, 3.05) is 13.2 Å². The molecule has 112 valence electrons. The summed E-state index contributed by atoms with van der Waals surface area (Å²) in [5, 5.41) is 0. The Labute approximate surface area is 131 Å². The van der Waals surface area contributed by atoms with E-state index in [1.54, 1.807) is 0 Å². The van der Waals surface area contributed by atoms with Gasteiger partial charge in [0.15, 0.2) is 11.5 Å². The lowest BCUT2D eigenvalue weighted by Crippen LogP contribution is -2.11. The van der Waals surface area contributed by atoms with E-state index in [2.05, 4.69) is 41.9 Å². The van der Waals surface area contributed by atoms with Crippen molar-refractivity contribution in [3.63, 3.8) is 0 Å². The van der Waals surface area contributed by atoms with E-state index >= 15 is 0 Å². The molecule has 1 aromatic rings. The van der Waals surface area contributed by atoms with Gasteiger partial charge in [-0.05, 0) is 61.8 Å². The summed E-state index contributed by atoms with van der Waals surface area (Å²) in [5.41, 5.74) is 3.12. The Morgan fingerprint density at radius 1 is 1.15 bits per heavy atom. The van der Waals surface area contributed by atoms with Gasteiger partial charge in [0.1, 0.15) is 0 Å². The fraction of sp³-hybridized carbons (Fsp3) is 0.647. The molecule has 0 heterocycles. The van der Waals surface area contributed by atoms with Crippen molar-refractivity contribution in [2.45, 2.75) is 51.8 Å². The lowest BCUT2D eigenvalue weighted by atomic mass is 9.84. The molecule has 0 saturated carbocycles. The van der Waals surface area contributed by atoms with Crippen LogP contribution in [-0.4, -0.2) is 13.2 Å². The first-order chi connectivity index (χ1) is 9.46. The number of aryl methyl sites for hydroxylation is 1. The summed E-state index contributed by atoms with van der Waals surface area (Å²) in [6.07, 6.45) is 3.47. The summed E-state index contributed by atoms with van der Waals surface area (Å²) < 4.78 is 11.5. The zero-order valence-electron chi connectivity index (χ0n) is 13.0. The summed E-state index contributed by atoms with van der Waals surface area (Å²) in [6, 6.07) is 4.35. The summed E-state index contributed by atoms with van der Waals surface area (Å²) in [6.45, 7) is 10.0. The smallest absolute Gasteiger partial charge is 0.161 e. The Bertz CT molecular complexity index is 468. The normalized spacial score (nSPS) is 20.9. The number of alkyl halides is 1. The van der Waals surface area contributed by atoms with Crippen LogP contribution < -0.4 is 9.47 Å². The largest absolute Gasteiger partial charge is 0.490 e. The first kappa shape index (κ1) is 15.7. The van der Waals surface area contributed by atoms with Crippen molar-refractivity contribution in [3.05, 3.63) is 23.3 Å². The zero-order chi connectivity index (χ0) is 14.8. The average Bonchev–Trinajstić information content (AvgIpc) is 2.48. The summed E-state index contributed by atoms with van der Waals surface area (Å²) in [7, 11) is 0. The Kier molecular flexibility index (Phi) is 5.00. The Hall–Kier alpha value is -0.700. The van der Waals surface area contributed by atoms with Gasteiger partial charge in [-0.3, -0.25) is 0 Å². The van der Waals surface area contributed by atoms with Gasteiger partial charge in [-0.2, -0.15) is 0 Å². The number of rotatable bonds is 4. The van der Waals surface area contributed by atoms with E-state index < -0.39 is 0 Å². The molecule has 2 nitrogen and oxygen atoms in total. The Morgan fingerprint density at radius 3 is 2.35 bits per heavy atom. The predicted molar refractivity (Wildman–Crippen MR) is 87.2 cm³/mol. The molecule has 0 N–H and O–H groups in total. The fourth-order valence-electron chi connectivity index (χ4n) is 2.83. The number of benzene rings is 1. The van der Waals surface area contributed by atoms with Crippen molar-refractivity contribution in [1.82, 2.24) is 0 Å². The van der Waals surface area contributed by atoms with Gasteiger partial charge in [-0.1, -0.05) is 29.8 Å². The van der Waals surface area contributed by atoms with E-state index in [1.807, 2.05) is 13.8 Å². The molecule has 0 aliphatic heterocycles. The molecule has 1 aliphatic carbocycles. The highest BCUT2D eigenvalue weighted by Crippen LogP contribution is 2.46. The van der Waals surface area contributed by atoms with Crippen LogP contribution in [0.2, 0.25) is 0 Å². The number of hydrogen-bond donors (Lipinski definition) is 0. The first-order valence-electron chi connectivity index (χ1n) is 7.53. The van der Waals surface area contributed by atoms with E-state index in [0.717, 1.165) is 24.3 Å². The lowest BCUT2D eigenvalue weighted by molar-refractivity contribution is 0.287. The van der Waals surface area contributed by atoms with E-state index in [9.17, 15) is 0 Å². The van der Waals surface area contributed by atoms with Crippen LogP contribution in [0.15, 0.2) is 12.1 Å². The minimum Gasteiger partial charge on any atom is -0.490 e. The lowest BCUT2D eigenvalue weighted by Gasteiger charge is -2.24. The van der Waals surface area contributed by atoms with Crippen molar-refractivity contribution in [3.8, 4) is 11.5 Å². The molecule has 0 saturated heterocycles. The molecule has 0 amide bonds. The highest BCUT2D eigenvalue weighted by Gasteiger charge is 2.29. The Morgan fingerprint density at radius 2 is 1.75 bits per heavy atom. The zero-order valence-corrected chi connectivity index (χ0v) is 14.5. The molecular formula is C17H25BrO2.